The minimum Gasteiger partial charge on any atom is -0.346 e. The summed E-state index contributed by atoms with van der Waals surface area (Å²) in [7, 11) is 0. The molecule has 1 atom stereocenters. The number of nitrogens with one attached hydrogen (secondary N) is 1. The molecular weight excluding hydrogens is 272 g/mol. The van der Waals surface area contributed by atoms with Crippen LogP contribution in [-0.2, 0) is 12.8 Å². The third kappa shape index (κ3) is 3.25. The first-order valence-electron chi connectivity index (χ1n) is 6.89. The fraction of sp³-hybridized carbons (Fsp3) is 0.400. The topological polar surface area (TPSA) is 50.7 Å². The smallest absolute Gasteiger partial charge is 0.243 e. The number of hydrogen-bond acceptors (Lipinski definition) is 4. The highest BCUT2D eigenvalue weighted by molar-refractivity contribution is 6.31. The molecular formula is C15H19ClN4. The summed E-state index contributed by atoms with van der Waals surface area (Å²) in [5.41, 5.74) is 2.98. The third-order valence-corrected chi connectivity index (χ3v) is 3.57. The Kier molecular flexibility index (Phi) is 4.90. The normalized spacial score (nSPS) is 12.2. The van der Waals surface area contributed by atoms with Crippen LogP contribution in [0.4, 0.5) is 5.95 Å². The molecule has 0 aliphatic heterocycles. The fourth-order valence-electron chi connectivity index (χ4n) is 2.10. The van der Waals surface area contributed by atoms with Crippen molar-refractivity contribution in [3.8, 4) is 0 Å². The second kappa shape index (κ2) is 6.66. The first-order chi connectivity index (χ1) is 9.65. The number of halogens is 1. The Morgan fingerprint density at radius 3 is 2.45 bits per heavy atom. The number of anilines is 1. The molecule has 1 aromatic heterocycles. The van der Waals surface area contributed by atoms with Gasteiger partial charge in [0.2, 0.25) is 5.95 Å². The van der Waals surface area contributed by atoms with E-state index in [2.05, 4.69) is 34.3 Å². The minimum absolute atomic E-state index is 0.0303. The Hall–Kier alpha value is -1.68. The quantitative estimate of drug-likeness (QED) is 0.909. The van der Waals surface area contributed by atoms with Crippen molar-refractivity contribution in [2.75, 3.05) is 5.32 Å². The van der Waals surface area contributed by atoms with Crippen molar-refractivity contribution in [1.29, 1.82) is 0 Å². The average Bonchev–Trinajstić information content (AvgIpc) is 2.47. The Balaban J connectivity index is 2.20. The number of hydrogen-bond donors (Lipinski definition) is 1. The Morgan fingerprint density at radius 2 is 1.80 bits per heavy atom. The van der Waals surface area contributed by atoms with Gasteiger partial charge in [-0.2, -0.15) is 5.10 Å². The lowest BCUT2D eigenvalue weighted by molar-refractivity contribution is 0.790. The summed E-state index contributed by atoms with van der Waals surface area (Å²) in [6.45, 7) is 6.17. The minimum atomic E-state index is 0.0303. The standard InChI is InChI=1S/C15H19ClN4/c1-4-13-14(5-2)19-20-15(18-13)17-10(3)11-8-6-7-9-12(11)16/h6-10H,4-5H2,1-3H3,(H,17,18,20). The highest BCUT2D eigenvalue weighted by atomic mass is 35.5. The highest BCUT2D eigenvalue weighted by Gasteiger charge is 2.12. The molecule has 0 spiro atoms. The van der Waals surface area contributed by atoms with Crippen molar-refractivity contribution in [3.05, 3.63) is 46.2 Å². The van der Waals surface area contributed by atoms with Gasteiger partial charge in [-0.25, -0.2) is 4.98 Å². The molecule has 0 fully saturated rings. The van der Waals surface area contributed by atoms with Crippen LogP contribution in [0.2, 0.25) is 5.02 Å². The number of aryl methyl sites for hydroxylation is 2. The van der Waals surface area contributed by atoms with Crippen LogP contribution in [0.1, 0.15) is 43.8 Å². The van der Waals surface area contributed by atoms with Gasteiger partial charge in [0.15, 0.2) is 0 Å². The molecule has 5 heteroatoms. The second-order valence-corrected chi connectivity index (χ2v) is 5.03. The fourth-order valence-corrected chi connectivity index (χ4v) is 2.40. The van der Waals surface area contributed by atoms with Crippen molar-refractivity contribution in [2.24, 2.45) is 0 Å². The van der Waals surface area contributed by atoms with Crippen LogP contribution in [0, 0.1) is 0 Å². The van der Waals surface area contributed by atoms with E-state index in [1.807, 2.05) is 31.2 Å². The van der Waals surface area contributed by atoms with Crippen LogP contribution >= 0.6 is 11.6 Å². The molecule has 0 bridgehead atoms. The van der Waals surface area contributed by atoms with Gasteiger partial charge in [0, 0.05) is 5.02 Å². The van der Waals surface area contributed by atoms with Gasteiger partial charge in [-0.05, 0) is 31.4 Å². The largest absolute Gasteiger partial charge is 0.346 e. The van der Waals surface area contributed by atoms with Crippen LogP contribution in [-0.4, -0.2) is 15.2 Å². The summed E-state index contributed by atoms with van der Waals surface area (Å²) in [4.78, 5) is 4.53. The second-order valence-electron chi connectivity index (χ2n) is 4.62. The highest BCUT2D eigenvalue weighted by Crippen LogP contribution is 2.24. The third-order valence-electron chi connectivity index (χ3n) is 3.23. The SMILES string of the molecule is CCc1nnc(NC(C)c2ccccc2Cl)nc1CC. The molecule has 0 saturated carbocycles. The maximum absolute atomic E-state index is 6.20. The van der Waals surface area contributed by atoms with Gasteiger partial charge in [-0.3, -0.25) is 0 Å². The first-order valence-corrected chi connectivity index (χ1v) is 7.26. The van der Waals surface area contributed by atoms with Gasteiger partial charge >= 0.3 is 0 Å². The summed E-state index contributed by atoms with van der Waals surface area (Å²) < 4.78 is 0. The zero-order valence-corrected chi connectivity index (χ0v) is 12.8. The van der Waals surface area contributed by atoms with E-state index in [-0.39, 0.29) is 6.04 Å². The van der Waals surface area contributed by atoms with E-state index in [1.54, 1.807) is 0 Å². The lowest BCUT2D eigenvalue weighted by Crippen LogP contribution is -2.13. The summed E-state index contributed by atoms with van der Waals surface area (Å²) in [6, 6.07) is 7.79. The average molecular weight is 291 g/mol. The zero-order valence-electron chi connectivity index (χ0n) is 12.0. The number of aromatic nitrogens is 3. The van der Waals surface area contributed by atoms with Crippen molar-refractivity contribution >= 4 is 17.5 Å². The maximum atomic E-state index is 6.20. The number of nitrogens with zero attached hydrogens (tertiary/aromatic N) is 3. The monoisotopic (exact) mass is 290 g/mol. The first kappa shape index (κ1) is 14.7. The van der Waals surface area contributed by atoms with E-state index in [0.717, 1.165) is 34.8 Å². The van der Waals surface area contributed by atoms with E-state index >= 15 is 0 Å². The van der Waals surface area contributed by atoms with Gasteiger partial charge in [0.05, 0.1) is 17.4 Å². The van der Waals surface area contributed by atoms with Crippen molar-refractivity contribution in [3.63, 3.8) is 0 Å². The van der Waals surface area contributed by atoms with Gasteiger partial charge in [0.25, 0.3) is 0 Å². The molecule has 0 amide bonds. The predicted molar refractivity (Wildman–Crippen MR) is 82.1 cm³/mol. The van der Waals surface area contributed by atoms with Crippen LogP contribution < -0.4 is 5.32 Å². The van der Waals surface area contributed by atoms with Crippen molar-refractivity contribution in [2.45, 2.75) is 39.7 Å². The molecule has 1 N–H and O–H groups in total. The summed E-state index contributed by atoms with van der Waals surface area (Å²) in [6.07, 6.45) is 1.71. The Bertz CT molecular complexity index is 586. The zero-order chi connectivity index (χ0) is 14.5. The molecule has 20 heavy (non-hydrogen) atoms. The van der Waals surface area contributed by atoms with Crippen LogP contribution in [0.15, 0.2) is 24.3 Å². The van der Waals surface area contributed by atoms with Gasteiger partial charge in [-0.15, -0.1) is 5.10 Å². The van der Waals surface area contributed by atoms with E-state index in [9.17, 15) is 0 Å². The van der Waals surface area contributed by atoms with Crippen molar-refractivity contribution < 1.29 is 0 Å². The van der Waals surface area contributed by atoms with E-state index in [0.29, 0.717) is 5.95 Å². The Labute approximate surface area is 124 Å². The molecule has 4 nitrogen and oxygen atoms in total. The molecule has 1 aromatic carbocycles. The lowest BCUT2D eigenvalue weighted by Gasteiger charge is -2.16. The van der Waals surface area contributed by atoms with Gasteiger partial charge in [0.1, 0.15) is 0 Å². The van der Waals surface area contributed by atoms with Crippen LogP contribution in [0.5, 0.6) is 0 Å². The molecule has 0 aliphatic carbocycles. The molecule has 1 heterocycles. The number of benzene rings is 1. The molecule has 2 aromatic rings. The molecule has 1 unspecified atom stereocenters. The van der Waals surface area contributed by atoms with Crippen LogP contribution in [0.25, 0.3) is 0 Å². The van der Waals surface area contributed by atoms with Crippen molar-refractivity contribution in [1.82, 2.24) is 15.2 Å². The van der Waals surface area contributed by atoms with Gasteiger partial charge < -0.3 is 5.32 Å². The number of rotatable bonds is 5. The molecule has 106 valence electrons. The lowest BCUT2D eigenvalue weighted by atomic mass is 10.1. The van der Waals surface area contributed by atoms with Gasteiger partial charge in [-0.1, -0.05) is 43.6 Å². The Morgan fingerprint density at radius 1 is 1.10 bits per heavy atom. The molecule has 0 saturated heterocycles. The van der Waals surface area contributed by atoms with E-state index in [1.165, 1.54) is 0 Å². The molecule has 2 rings (SSSR count). The summed E-state index contributed by atoms with van der Waals surface area (Å²) in [5, 5.41) is 12.4. The summed E-state index contributed by atoms with van der Waals surface area (Å²) in [5.74, 6) is 0.548. The molecule has 0 radical (unpaired) electrons. The van der Waals surface area contributed by atoms with Crippen LogP contribution in [0.3, 0.4) is 0 Å². The maximum Gasteiger partial charge on any atom is 0.243 e. The summed E-state index contributed by atoms with van der Waals surface area (Å²) >= 11 is 6.20. The van der Waals surface area contributed by atoms with E-state index in [4.69, 9.17) is 11.6 Å². The predicted octanol–water partition coefficient (Wildman–Crippen LogP) is 3.82. The van der Waals surface area contributed by atoms with E-state index < -0.39 is 0 Å². The molecule has 0 aliphatic rings.